The van der Waals surface area contributed by atoms with Gasteiger partial charge in [-0.2, -0.15) is 0 Å². The predicted octanol–water partition coefficient (Wildman–Crippen LogP) is 1.85. The zero-order valence-electron chi connectivity index (χ0n) is 9.38. The van der Waals surface area contributed by atoms with Crippen LogP contribution in [0.1, 0.15) is 46.5 Å². The number of carbonyl (C=O) groups is 1. The van der Waals surface area contributed by atoms with E-state index in [-0.39, 0.29) is 17.9 Å². The highest BCUT2D eigenvalue weighted by atomic mass is 16.6. The van der Waals surface area contributed by atoms with Gasteiger partial charge in [0.05, 0.1) is 5.92 Å². The maximum absolute atomic E-state index is 11.7. The van der Waals surface area contributed by atoms with Crippen LogP contribution in [0.25, 0.3) is 0 Å². The molecule has 0 unspecified atom stereocenters. The molecule has 0 spiro atoms. The highest BCUT2D eigenvalue weighted by Gasteiger charge is 2.31. The van der Waals surface area contributed by atoms with Crippen molar-refractivity contribution in [3.05, 3.63) is 0 Å². The Morgan fingerprint density at radius 2 is 1.86 bits per heavy atom. The van der Waals surface area contributed by atoms with Gasteiger partial charge in [-0.25, -0.2) is 0 Å². The third-order valence-corrected chi connectivity index (χ3v) is 2.53. The van der Waals surface area contributed by atoms with Crippen LogP contribution >= 0.6 is 0 Å². The van der Waals surface area contributed by atoms with Gasteiger partial charge in [-0.15, -0.1) is 0 Å². The number of ether oxygens (including phenoxy) is 1. The zero-order chi connectivity index (χ0) is 10.8. The summed E-state index contributed by atoms with van der Waals surface area (Å²) < 4.78 is 5.33. The van der Waals surface area contributed by atoms with Crippen LogP contribution in [0.4, 0.5) is 0 Å². The Kier molecular flexibility index (Phi) is 3.53. The number of esters is 1. The number of rotatable bonds is 1. The molecule has 1 fully saturated rings. The second-order valence-electron chi connectivity index (χ2n) is 5.09. The van der Waals surface area contributed by atoms with Crippen LogP contribution in [-0.4, -0.2) is 17.6 Å². The molecule has 0 amide bonds. The van der Waals surface area contributed by atoms with Gasteiger partial charge >= 0.3 is 5.97 Å². The van der Waals surface area contributed by atoms with E-state index in [0.717, 1.165) is 25.7 Å². The van der Waals surface area contributed by atoms with E-state index < -0.39 is 5.60 Å². The molecule has 82 valence electrons. The van der Waals surface area contributed by atoms with Crippen molar-refractivity contribution < 1.29 is 9.53 Å². The minimum absolute atomic E-state index is 0.00130. The number of hydrogen-bond acceptors (Lipinski definition) is 3. The largest absolute Gasteiger partial charge is 0.460 e. The normalized spacial score (nSPS) is 28.6. The quantitative estimate of drug-likeness (QED) is 0.656. The van der Waals surface area contributed by atoms with E-state index in [1.54, 1.807) is 0 Å². The molecule has 0 bridgehead atoms. The molecule has 2 N–H and O–H groups in total. The molecule has 0 aromatic rings. The van der Waals surface area contributed by atoms with E-state index >= 15 is 0 Å². The molecule has 0 aliphatic heterocycles. The van der Waals surface area contributed by atoms with Crippen LogP contribution < -0.4 is 5.73 Å². The van der Waals surface area contributed by atoms with E-state index in [2.05, 4.69) is 0 Å². The summed E-state index contributed by atoms with van der Waals surface area (Å²) in [5.74, 6) is -0.201. The minimum Gasteiger partial charge on any atom is -0.460 e. The fraction of sp³-hybridized carbons (Fsp3) is 0.909. The summed E-state index contributed by atoms with van der Waals surface area (Å²) in [7, 11) is 0. The van der Waals surface area contributed by atoms with E-state index in [1.807, 2.05) is 20.8 Å². The summed E-state index contributed by atoms with van der Waals surface area (Å²) in [4.78, 5) is 11.7. The van der Waals surface area contributed by atoms with Gasteiger partial charge in [0.25, 0.3) is 0 Å². The van der Waals surface area contributed by atoms with Crippen molar-refractivity contribution in [1.29, 1.82) is 0 Å². The second kappa shape index (κ2) is 4.30. The third-order valence-electron chi connectivity index (χ3n) is 2.53. The molecular weight excluding hydrogens is 178 g/mol. The lowest BCUT2D eigenvalue weighted by Gasteiger charge is -2.30. The first-order valence-electron chi connectivity index (χ1n) is 5.38. The van der Waals surface area contributed by atoms with Gasteiger partial charge < -0.3 is 10.5 Å². The topological polar surface area (TPSA) is 52.3 Å². The van der Waals surface area contributed by atoms with Gasteiger partial charge in [-0.3, -0.25) is 4.79 Å². The Morgan fingerprint density at radius 1 is 1.29 bits per heavy atom. The Balaban J connectivity index is 2.50. The van der Waals surface area contributed by atoms with Gasteiger partial charge in [0.15, 0.2) is 0 Å². The Morgan fingerprint density at radius 3 is 2.36 bits per heavy atom. The Hall–Kier alpha value is -0.570. The molecule has 0 saturated heterocycles. The molecule has 14 heavy (non-hydrogen) atoms. The van der Waals surface area contributed by atoms with Gasteiger partial charge in [-0.05, 0) is 33.6 Å². The average molecular weight is 199 g/mol. The van der Waals surface area contributed by atoms with Crippen LogP contribution in [0.2, 0.25) is 0 Å². The molecule has 0 aromatic heterocycles. The summed E-state index contributed by atoms with van der Waals surface area (Å²) in [6.45, 7) is 5.66. The first kappa shape index (κ1) is 11.5. The second-order valence-corrected chi connectivity index (χ2v) is 5.09. The van der Waals surface area contributed by atoms with Crippen LogP contribution in [0.3, 0.4) is 0 Å². The van der Waals surface area contributed by atoms with E-state index in [4.69, 9.17) is 10.5 Å². The molecule has 1 rings (SSSR count). The van der Waals surface area contributed by atoms with Crippen molar-refractivity contribution in [2.75, 3.05) is 0 Å². The molecule has 2 atom stereocenters. The molecule has 3 nitrogen and oxygen atoms in total. The van der Waals surface area contributed by atoms with Gasteiger partial charge in [-0.1, -0.05) is 12.8 Å². The highest BCUT2D eigenvalue weighted by Crippen LogP contribution is 2.25. The fourth-order valence-electron chi connectivity index (χ4n) is 1.83. The fourth-order valence-corrected chi connectivity index (χ4v) is 1.83. The van der Waals surface area contributed by atoms with E-state index in [1.165, 1.54) is 0 Å². The van der Waals surface area contributed by atoms with Crippen LogP contribution in [0.15, 0.2) is 0 Å². The van der Waals surface area contributed by atoms with Gasteiger partial charge in [0.2, 0.25) is 0 Å². The lowest BCUT2D eigenvalue weighted by Crippen LogP contribution is -2.41. The van der Waals surface area contributed by atoms with Crippen LogP contribution in [0, 0.1) is 5.92 Å². The van der Waals surface area contributed by atoms with Gasteiger partial charge in [0, 0.05) is 6.04 Å². The summed E-state index contributed by atoms with van der Waals surface area (Å²) in [6.07, 6.45) is 4.07. The number of carbonyl (C=O) groups excluding carboxylic acids is 1. The number of nitrogens with two attached hydrogens (primary N) is 1. The monoisotopic (exact) mass is 199 g/mol. The minimum atomic E-state index is -0.395. The number of hydrogen-bond donors (Lipinski definition) is 1. The smallest absolute Gasteiger partial charge is 0.311 e. The molecular formula is C11H21NO2. The van der Waals surface area contributed by atoms with Crippen molar-refractivity contribution in [1.82, 2.24) is 0 Å². The van der Waals surface area contributed by atoms with Crippen molar-refractivity contribution in [2.24, 2.45) is 11.7 Å². The summed E-state index contributed by atoms with van der Waals surface area (Å²) in [5.41, 5.74) is 5.50. The zero-order valence-corrected chi connectivity index (χ0v) is 9.38. The molecule has 1 aliphatic rings. The SMILES string of the molecule is CC(C)(C)OC(=O)[C@@H]1CCCC[C@H]1N. The maximum atomic E-state index is 11.7. The lowest BCUT2D eigenvalue weighted by molar-refractivity contribution is -0.161. The Labute approximate surface area is 86.0 Å². The standard InChI is InChI=1S/C11H21NO2/c1-11(2,3)14-10(13)8-6-4-5-7-9(8)12/h8-9H,4-7,12H2,1-3H3/t8-,9-/m1/s1. The van der Waals surface area contributed by atoms with E-state index in [9.17, 15) is 4.79 Å². The van der Waals surface area contributed by atoms with Gasteiger partial charge in [0.1, 0.15) is 5.60 Å². The van der Waals surface area contributed by atoms with Crippen molar-refractivity contribution in [3.8, 4) is 0 Å². The predicted molar refractivity (Wildman–Crippen MR) is 55.8 cm³/mol. The molecule has 3 heteroatoms. The summed E-state index contributed by atoms with van der Waals surface area (Å²) in [5, 5.41) is 0. The third kappa shape index (κ3) is 3.29. The maximum Gasteiger partial charge on any atom is 0.311 e. The van der Waals surface area contributed by atoms with Crippen molar-refractivity contribution in [2.45, 2.75) is 58.1 Å². The molecule has 0 aromatic carbocycles. The average Bonchev–Trinajstić information content (AvgIpc) is 2.01. The first-order chi connectivity index (χ1) is 6.40. The highest BCUT2D eigenvalue weighted by molar-refractivity contribution is 5.73. The van der Waals surface area contributed by atoms with Crippen molar-refractivity contribution >= 4 is 5.97 Å². The first-order valence-corrected chi connectivity index (χ1v) is 5.38. The molecule has 1 aliphatic carbocycles. The van der Waals surface area contributed by atoms with Crippen LogP contribution in [0.5, 0.6) is 0 Å². The summed E-state index contributed by atoms with van der Waals surface area (Å²) in [6, 6.07) is -0.00130. The summed E-state index contributed by atoms with van der Waals surface area (Å²) >= 11 is 0. The molecule has 0 radical (unpaired) electrons. The molecule has 0 heterocycles. The van der Waals surface area contributed by atoms with E-state index in [0.29, 0.717) is 0 Å². The Bertz CT molecular complexity index is 208. The van der Waals surface area contributed by atoms with Crippen LogP contribution in [-0.2, 0) is 9.53 Å². The van der Waals surface area contributed by atoms with Crippen molar-refractivity contribution in [3.63, 3.8) is 0 Å². The lowest BCUT2D eigenvalue weighted by atomic mass is 9.85. The molecule has 1 saturated carbocycles.